The summed E-state index contributed by atoms with van der Waals surface area (Å²) >= 11 is 6.18. The molecule has 0 aromatic heterocycles. The largest absolute Gasteiger partial charge is 0.377 e. The minimum atomic E-state index is -0.315. The molecule has 1 aliphatic heterocycles. The number of rotatable bonds is 2. The number of halogens is 1. The van der Waals surface area contributed by atoms with Gasteiger partial charge < -0.3 is 5.32 Å². The van der Waals surface area contributed by atoms with Crippen molar-refractivity contribution < 1.29 is 4.92 Å². The van der Waals surface area contributed by atoms with E-state index in [-0.39, 0.29) is 22.6 Å². The number of allylic oxidation sites excluding steroid dienone is 2. The second kappa shape index (κ2) is 5.64. The summed E-state index contributed by atoms with van der Waals surface area (Å²) in [6.45, 7) is 1.92. The predicted molar refractivity (Wildman–Crippen MR) is 95.6 cm³/mol. The Balaban J connectivity index is 1.83. The Morgan fingerprint density at radius 2 is 2.12 bits per heavy atom. The number of nitro groups is 1. The second-order valence-electron chi connectivity index (χ2n) is 6.51. The molecule has 0 amide bonds. The lowest BCUT2D eigenvalue weighted by atomic mass is 9.76. The van der Waals surface area contributed by atoms with Gasteiger partial charge in [-0.3, -0.25) is 10.1 Å². The smallest absolute Gasteiger partial charge is 0.270 e. The van der Waals surface area contributed by atoms with Gasteiger partial charge in [-0.2, -0.15) is 0 Å². The predicted octanol–water partition coefficient (Wildman–Crippen LogP) is 5.38. The van der Waals surface area contributed by atoms with Gasteiger partial charge in [-0.05, 0) is 48.1 Å². The molecule has 0 unspecified atom stereocenters. The summed E-state index contributed by atoms with van der Waals surface area (Å²) < 4.78 is 0. The maximum Gasteiger partial charge on any atom is 0.270 e. The molecule has 4 nitrogen and oxygen atoms in total. The lowest BCUT2D eigenvalue weighted by molar-refractivity contribution is -0.385. The van der Waals surface area contributed by atoms with E-state index in [0.29, 0.717) is 5.92 Å². The van der Waals surface area contributed by atoms with Crippen molar-refractivity contribution in [3.8, 4) is 0 Å². The maximum absolute atomic E-state index is 11.2. The quantitative estimate of drug-likeness (QED) is 0.453. The highest BCUT2D eigenvalue weighted by Gasteiger charge is 2.39. The van der Waals surface area contributed by atoms with Crippen molar-refractivity contribution in [2.24, 2.45) is 5.92 Å². The summed E-state index contributed by atoms with van der Waals surface area (Å²) in [5.41, 5.74) is 4.26. The van der Waals surface area contributed by atoms with Gasteiger partial charge in [0.25, 0.3) is 5.69 Å². The third kappa shape index (κ3) is 2.38. The van der Waals surface area contributed by atoms with Crippen molar-refractivity contribution >= 4 is 23.0 Å². The first-order valence-corrected chi connectivity index (χ1v) is 8.40. The number of nitrogens with zero attached hydrogens (tertiary/aromatic N) is 1. The molecule has 2 aromatic carbocycles. The summed E-state index contributed by atoms with van der Waals surface area (Å²) in [6.07, 6.45) is 5.32. The van der Waals surface area contributed by atoms with Crippen LogP contribution in [0.5, 0.6) is 0 Å². The van der Waals surface area contributed by atoms with Crippen LogP contribution in [0, 0.1) is 23.0 Å². The highest BCUT2D eigenvalue weighted by Crippen LogP contribution is 2.51. The van der Waals surface area contributed by atoms with Gasteiger partial charge in [0, 0.05) is 28.8 Å². The van der Waals surface area contributed by atoms with E-state index >= 15 is 0 Å². The van der Waals surface area contributed by atoms with Crippen LogP contribution in [0.2, 0.25) is 5.02 Å². The van der Waals surface area contributed by atoms with Crippen LogP contribution in [0.3, 0.4) is 0 Å². The van der Waals surface area contributed by atoms with Crippen molar-refractivity contribution in [1.29, 1.82) is 0 Å². The first-order chi connectivity index (χ1) is 11.5. The van der Waals surface area contributed by atoms with Crippen LogP contribution in [0.4, 0.5) is 11.4 Å². The van der Waals surface area contributed by atoms with Crippen molar-refractivity contribution in [3.05, 3.63) is 80.4 Å². The molecule has 2 aromatic rings. The zero-order valence-electron chi connectivity index (χ0n) is 13.2. The fourth-order valence-corrected chi connectivity index (χ4v) is 4.20. The molecule has 0 saturated carbocycles. The summed E-state index contributed by atoms with van der Waals surface area (Å²) in [5, 5.41) is 15.6. The molecule has 3 atom stereocenters. The van der Waals surface area contributed by atoms with E-state index < -0.39 is 0 Å². The lowest BCUT2D eigenvalue weighted by Crippen LogP contribution is -2.29. The molecule has 0 radical (unpaired) electrons. The SMILES string of the molecule is Cc1cc([N+](=O)[O-])cc2c1N[C@H](c1cccc(Cl)c1)[C@H]1CC=C[C@H]21. The van der Waals surface area contributed by atoms with Gasteiger partial charge in [0.15, 0.2) is 0 Å². The number of hydrogen-bond donors (Lipinski definition) is 1. The van der Waals surface area contributed by atoms with E-state index in [4.69, 9.17) is 11.6 Å². The number of aryl methyl sites for hydroxylation is 1. The molecule has 1 aliphatic carbocycles. The number of nitrogens with one attached hydrogen (secondary N) is 1. The Hall–Kier alpha value is -2.33. The Morgan fingerprint density at radius 3 is 2.88 bits per heavy atom. The summed E-state index contributed by atoms with van der Waals surface area (Å²) in [6, 6.07) is 11.4. The van der Waals surface area contributed by atoms with Gasteiger partial charge in [-0.1, -0.05) is 35.9 Å². The topological polar surface area (TPSA) is 55.2 Å². The maximum atomic E-state index is 11.2. The normalized spacial score (nSPS) is 24.2. The minimum Gasteiger partial charge on any atom is -0.377 e. The van der Waals surface area contributed by atoms with E-state index in [0.717, 1.165) is 33.8 Å². The minimum absolute atomic E-state index is 0.149. The Morgan fingerprint density at radius 1 is 1.29 bits per heavy atom. The van der Waals surface area contributed by atoms with Crippen LogP contribution in [0.1, 0.15) is 35.1 Å². The third-order valence-corrected chi connectivity index (χ3v) is 5.30. The van der Waals surface area contributed by atoms with Crippen LogP contribution in [0.15, 0.2) is 48.6 Å². The molecule has 122 valence electrons. The molecule has 4 rings (SSSR count). The lowest BCUT2D eigenvalue weighted by Gasteiger charge is -2.38. The molecule has 0 fully saturated rings. The average Bonchev–Trinajstić information content (AvgIpc) is 3.04. The Kier molecular flexibility index (Phi) is 3.57. The van der Waals surface area contributed by atoms with Crippen molar-refractivity contribution in [2.45, 2.75) is 25.3 Å². The monoisotopic (exact) mass is 340 g/mol. The number of benzene rings is 2. The van der Waals surface area contributed by atoms with E-state index in [1.54, 1.807) is 12.1 Å². The van der Waals surface area contributed by atoms with Crippen molar-refractivity contribution in [2.75, 3.05) is 5.32 Å². The molecule has 1 N–H and O–H groups in total. The number of anilines is 1. The van der Waals surface area contributed by atoms with E-state index in [1.165, 1.54) is 0 Å². The van der Waals surface area contributed by atoms with E-state index in [2.05, 4.69) is 23.5 Å². The first kappa shape index (κ1) is 15.2. The van der Waals surface area contributed by atoms with Gasteiger partial charge in [0.1, 0.15) is 0 Å². The van der Waals surface area contributed by atoms with E-state index in [1.807, 2.05) is 25.1 Å². The van der Waals surface area contributed by atoms with Gasteiger partial charge in [0.05, 0.1) is 11.0 Å². The van der Waals surface area contributed by atoms with Crippen molar-refractivity contribution in [3.63, 3.8) is 0 Å². The zero-order chi connectivity index (χ0) is 16.8. The van der Waals surface area contributed by atoms with Gasteiger partial charge in [-0.15, -0.1) is 0 Å². The molecule has 0 saturated heterocycles. The first-order valence-electron chi connectivity index (χ1n) is 8.02. The average molecular weight is 341 g/mol. The highest BCUT2D eigenvalue weighted by atomic mass is 35.5. The Labute approximate surface area is 145 Å². The van der Waals surface area contributed by atoms with Crippen LogP contribution >= 0.6 is 11.6 Å². The molecular weight excluding hydrogens is 324 g/mol. The molecule has 5 heteroatoms. The summed E-state index contributed by atoms with van der Waals surface area (Å²) in [7, 11) is 0. The molecule has 2 aliphatic rings. The molecule has 24 heavy (non-hydrogen) atoms. The zero-order valence-corrected chi connectivity index (χ0v) is 14.0. The number of nitro benzene ring substituents is 1. The summed E-state index contributed by atoms with van der Waals surface area (Å²) in [4.78, 5) is 10.9. The molecule has 1 heterocycles. The van der Waals surface area contributed by atoms with Crippen molar-refractivity contribution in [1.82, 2.24) is 0 Å². The molecule has 0 spiro atoms. The van der Waals surface area contributed by atoms with E-state index in [9.17, 15) is 10.1 Å². The Bertz CT molecular complexity index is 862. The van der Waals surface area contributed by atoms with Crippen LogP contribution < -0.4 is 5.32 Å². The van der Waals surface area contributed by atoms with Crippen LogP contribution in [-0.2, 0) is 0 Å². The fourth-order valence-electron chi connectivity index (χ4n) is 4.00. The number of non-ortho nitro benzene ring substituents is 1. The number of hydrogen-bond acceptors (Lipinski definition) is 3. The number of fused-ring (bicyclic) bond motifs is 3. The summed E-state index contributed by atoms with van der Waals surface area (Å²) in [5.74, 6) is 0.543. The van der Waals surface area contributed by atoms with Crippen LogP contribution in [-0.4, -0.2) is 4.92 Å². The van der Waals surface area contributed by atoms with Gasteiger partial charge in [-0.25, -0.2) is 0 Å². The van der Waals surface area contributed by atoms with Crippen LogP contribution in [0.25, 0.3) is 0 Å². The fraction of sp³-hybridized carbons (Fsp3) is 0.263. The highest BCUT2D eigenvalue weighted by molar-refractivity contribution is 6.30. The van der Waals surface area contributed by atoms with Gasteiger partial charge in [0.2, 0.25) is 0 Å². The molecular formula is C19H17ClN2O2. The third-order valence-electron chi connectivity index (χ3n) is 5.07. The van der Waals surface area contributed by atoms with Gasteiger partial charge >= 0.3 is 0 Å². The second-order valence-corrected chi connectivity index (χ2v) is 6.95. The standard InChI is InChI=1S/C19H17ClN2O2/c1-11-8-14(22(23)24)10-17-15-6-3-7-16(15)19(21-18(11)17)12-4-2-5-13(20)9-12/h2-6,8-10,15-16,19,21H,7H2,1H3/t15-,16-,19+/m0/s1. The molecule has 0 bridgehead atoms.